The highest BCUT2D eigenvalue weighted by Gasteiger charge is 2.74. The van der Waals surface area contributed by atoms with Gasteiger partial charge in [0.15, 0.2) is 5.79 Å². The van der Waals surface area contributed by atoms with E-state index >= 15 is 0 Å². The number of hydrogen-bond donors (Lipinski definition) is 0. The molecule has 1 heterocycles. The molecule has 2 heteroatoms. The van der Waals surface area contributed by atoms with Crippen molar-refractivity contribution in [3.63, 3.8) is 0 Å². The standard InChI is InChI=1S/C30H26O2/c1-6-12-28(13-7-1)31-18-29-24-14-20-8-2-3-9-21(20)15-25(24)30(29,19-32-28)27-17-23-11-5-4-10-22(23)16-26(27)29/h2-5,8-11,14-17H,1,6-7,12-13,18-19H2. The van der Waals surface area contributed by atoms with Crippen LogP contribution in [0.15, 0.2) is 72.8 Å². The van der Waals surface area contributed by atoms with Gasteiger partial charge in [-0.2, -0.15) is 0 Å². The van der Waals surface area contributed by atoms with Crippen molar-refractivity contribution in [3.8, 4) is 0 Å². The van der Waals surface area contributed by atoms with Crippen molar-refractivity contribution in [1.29, 1.82) is 0 Å². The molecule has 1 saturated heterocycles. The summed E-state index contributed by atoms with van der Waals surface area (Å²) in [7, 11) is 0. The minimum Gasteiger partial charge on any atom is -0.349 e. The molecule has 32 heavy (non-hydrogen) atoms. The zero-order valence-corrected chi connectivity index (χ0v) is 18.2. The maximum absolute atomic E-state index is 6.80. The Kier molecular flexibility index (Phi) is 3.24. The van der Waals surface area contributed by atoms with Gasteiger partial charge < -0.3 is 9.47 Å². The molecule has 1 saturated carbocycles. The summed E-state index contributed by atoms with van der Waals surface area (Å²) in [6.07, 6.45) is 5.74. The number of fused-ring (bicyclic) bond motifs is 4. The molecule has 0 aromatic heterocycles. The third-order valence-corrected chi connectivity index (χ3v) is 9.06. The molecule has 1 spiro atoms. The fourth-order valence-electron chi connectivity index (χ4n) is 7.44. The molecule has 4 aromatic rings. The summed E-state index contributed by atoms with van der Waals surface area (Å²) >= 11 is 0. The van der Waals surface area contributed by atoms with E-state index < -0.39 is 5.79 Å². The predicted octanol–water partition coefficient (Wildman–Crippen LogP) is 6.60. The van der Waals surface area contributed by atoms with Gasteiger partial charge in [0.25, 0.3) is 0 Å². The zero-order chi connectivity index (χ0) is 21.0. The van der Waals surface area contributed by atoms with E-state index in [0.29, 0.717) is 0 Å². The summed E-state index contributed by atoms with van der Waals surface area (Å²) in [5, 5.41) is 5.28. The topological polar surface area (TPSA) is 18.5 Å². The Bertz CT molecular complexity index is 1240. The number of rotatable bonds is 0. The van der Waals surface area contributed by atoms with E-state index in [0.717, 1.165) is 26.1 Å². The molecule has 0 bridgehead atoms. The summed E-state index contributed by atoms with van der Waals surface area (Å²) in [5.41, 5.74) is 5.64. The van der Waals surface area contributed by atoms with Crippen LogP contribution in [0.4, 0.5) is 0 Å². The Morgan fingerprint density at radius 3 is 1.25 bits per heavy atom. The van der Waals surface area contributed by atoms with Gasteiger partial charge in [-0.25, -0.2) is 0 Å². The molecule has 3 aliphatic carbocycles. The normalized spacial score (nSPS) is 29.2. The Labute approximate surface area is 188 Å². The molecule has 0 amide bonds. The van der Waals surface area contributed by atoms with E-state index in [2.05, 4.69) is 72.8 Å². The van der Waals surface area contributed by atoms with Gasteiger partial charge in [-0.1, -0.05) is 55.0 Å². The monoisotopic (exact) mass is 418 g/mol. The highest BCUT2D eigenvalue weighted by molar-refractivity contribution is 5.94. The second-order valence-corrected chi connectivity index (χ2v) is 10.3. The molecule has 1 aliphatic heterocycles. The van der Waals surface area contributed by atoms with E-state index in [4.69, 9.17) is 9.47 Å². The Morgan fingerprint density at radius 2 is 0.875 bits per heavy atom. The van der Waals surface area contributed by atoms with Gasteiger partial charge in [-0.05, 0) is 80.9 Å². The molecular weight excluding hydrogens is 392 g/mol. The van der Waals surface area contributed by atoms with E-state index in [1.54, 1.807) is 0 Å². The first-order valence-corrected chi connectivity index (χ1v) is 12.1. The maximum Gasteiger partial charge on any atom is 0.168 e. The molecule has 2 nitrogen and oxygen atoms in total. The van der Waals surface area contributed by atoms with Crippen LogP contribution in [0.1, 0.15) is 54.4 Å². The van der Waals surface area contributed by atoms with Crippen LogP contribution in [-0.4, -0.2) is 19.0 Å². The predicted molar refractivity (Wildman–Crippen MR) is 127 cm³/mol. The summed E-state index contributed by atoms with van der Waals surface area (Å²) < 4.78 is 13.6. The third-order valence-electron chi connectivity index (χ3n) is 9.06. The Morgan fingerprint density at radius 1 is 0.500 bits per heavy atom. The molecule has 0 N–H and O–H groups in total. The zero-order valence-electron chi connectivity index (χ0n) is 18.2. The number of ether oxygens (including phenoxy) is 2. The van der Waals surface area contributed by atoms with Crippen molar-refractivity contribution in [2.75, 3.05) is 13.2 Å². The number of hydrogen-bond acceptors (Lipinski definition) is 2. The van der Waals surface area contributed by atoms with E-state index in [-0.39, 0.29) is 10.8 Å². The minimum atomic E-state index is -0.395. The lowest BCUT2D eigenvalue weighted by Gasteiger charge is -2.68. The van der Waals surface area contributed by atoms with E-state index in [1.807, 2.05) is 0 Å². The van der Waals surface area contributed by atoms with Gasteiger partial charge in [0.2, 0.25) is 0 Å². The Balaban J connectivity index is 1.39. The van der Waals surface area contributed by atoms with Crippen LogP contribution in [0.3, 0.4) is 0 Å². The summed E-state index contributed by atoms with van der Waals surface area (Å²) in [4.78, 5) is 0. The molecule has 0 radical (unpaired) electrons. The van der Waals surface area contributed by atoms with Crippen molar-refractivity contribution < 1.29 is 9.47 Å². The number of benzene rings is 4. The lowest BCUT2D eigenvalue weighted by Crippen LogP contribution is -2.70. The second kappa shape index (κ2) is 5.81. The molecule has 8 rings (SSSR count). The minimum absolute atomic E-state index is 0.0906. The van der Waals surface area contributed by atoms with Crippen LogP contribution >= 0.6 is 0 Å². The van der Waals surface area contributed by atoms with Crippen molar-refractivity contribution in [2.24, 2.45) is 0 Å². The van der Waals surface area contributed by atoms with Crippen molar-refractivity contribution >= 4 is 21.5 Å². The maximum atomic E-state index is 6.80. The van der Waals surface area contributed by atoms with Gasteiger partial charge >= 0.3 is 0 Å². The highest BCUT2D eigenvalue weighted by atomic mass is 16.7. The smallest absolute Gasteiger partial charge is 0.168 e. The molecule has 0 atom stereocenters. The summed E-state index contributed by atoms with van der Waals surface area (Å²) in [6, 6.07) is 27.3. The average molecular weight is 419 g/mol. The van der Waals surface area contributed by atoms with Gasteiger partial charge in [-0.3, -0.25) is 0 Å². The largest absolute Gasteiger partial charge is 0.349 e. The highest BCUT2D eigenvalue weighted by Crippen LogP contribution is 2.73. The van der Waals surface area contributed by atoms with Gasteiger partial charge in [-0.15, -0.1) is 0 Å². The van der Waals surface area contributed by atoms with Gasteiger partial charge in [0.05, 0.1) is 24.0 Å². The summed E-state index contributed by atoms with van der Waals surface area (Å²) in [6.45, 7) is 1.45. The van der Waals surface area contributed by atoms with Crippen molar-refractivity contribution in [1.82, 2.24) is 0 Å². The first-order valence-electron chi connectivity index (χ1n) is 12.1. The van der Waals surface area contributed by atoms with Gasteiger partial charge in [0, 0.05) is 12.8 Å². The first kappa shape index (κ1) is 17.8. The van der Waals surface area contributed by atoms with Crippen LogP contribution in [-0.2, 0) is 20.3 Å². The van der Waals surface area contributed by atoms with Crippen LogP contribution in [0.5, 0.6) is 0 Å². The van der Waals surface area contributed by atoms with Crippen molar-refractivity contribution in [3.05, 3.63) is 95.1 Å². The van der Waals surface area contributed by atoms with E-state index in [9.17, 15) is 0 Å². The third kappa shape index (κ3) is 1.88. The van der Waals surface area contributed by atoms with Gasteiger partial charge in [0.1, 0.15) is 0 Å². The fraction of sp³-hybridized carbons (Fsp3) is 0.333. The molecule has 4 aliphatic rings. The summed E-state index contributed by atoms with van der Waals surface area (Å²) in [5.74, 6) is -0.395. The van der Waals surface area contributed by atoms with Crippen LogP contribution in [0, 0.1) is 0 Å². The molecule has 158 valence electrons. The quantitative estimate of drug-likeness (QED) is 0.320. The first-order chi connectivity index (χ1) is 15.8. The van der Waals surface area contributed by atoms with Crippen LogP contribution in [0.2, 0.25) is 0 Å². The molecule has 0 unspecified atom stereocenters. The van der Waals surface area contributed by atoms with Crippen LogP contribution in [0.25, 0.3) is 21.5 Å². The molecule has 2 fully saturated rings. The van der Waals surface area contributed by atoms with Crippen molar-refractivity contribution in [2.45, 2.75) is 48.7 Å². The average Bonchev–Trinajstić information content (AvgIpc) is 2.92. The van der Waals surface area contributed by atoms with E-state index in [1.165, 1.54) is 63.1 Å². The Hall–Kier alpha value is -2.68. The van der Waals surface area contributed by atoms with Crippen LogP contribution < -0.4 is 0 Å². The SMILES string of the molecule is c1ccc2cc3c(cc2c1)C12COC4(CCCCC4)OCC31c1cc3ccccc3cc12. The fourth-order valence-corrected chi connectivity index (χ4v) is 7.44. The molecule has 4 aromatic carbocycles. The second-order valence-electron chi connectivity index (χ2n) is 10.3. The lowest BCUT2D eigenvalue weighted by atomic mass is 9.34. The molecular formula is C30H26O2. The lowest BCUT2D eigenvalue weighted by molar-refractivity contribution is -0.243.